The summed E-state index contributed by atoms with van der Waals surface area (Å²) in [6, 6.07) is 13.1. The number of aryl methyl sites for hydroxylation is 1. The maximum absolute atomic E-state index is 12.2. The van der Waals surface area contributed by atoms with Crippen molar-refractivity contribution < 1.29 is 14.3 Å². The Balaban J connectivity index is 1.93. The fourth-order valence-corrected chi connectivity index (χ4v) is 2.51. The van der Waals surface area contributed by atoms with E-state index in [9.17, 15) is 9.59 Å². The number of carbonyl (C=O) groups excluding carboxylic acids is 2. The molecular weight excluding hydrogens is 340 g/mol. The minimum absolute atomic E-state index is 0.0423. The van der Waals surface area contributed by atoms with Crippen LogP contribution in [-0.2, 0) is 9.59 Å². The second kappa shape index (κ2) is 9.21. The number of rotatable bonds is 7. The van der Waals surface area contributed by atoms with Crippen molar-refractivity contribution in [1.29, 1.82) is 0 Å². The number of nitrogens with one attached hydrogen (secondary N) is 2. The third-order valence-electron chi connectivity index (χ3n) is 4.11. The maximum Gasteiger partial charge on any atom is 0.262 e. The van der Waals surface area contributed by atoms with Gasteiger partial charge in [0.05, 0.1) is 0 Å². The van der Waals surface area contributed by atoms with Gasteiger partial charge in [-0.15, -0.1) is 0 Å². The normalized spacial score (nSPS) is 10.8. The first kappa shape index (κ1) is 20.5. The molecule has 0 atom stereocenters. The van der Waals surface area contributed by atoms with Gasteiger partial charge in [-0.25, -0.2) is 0 Å². The quantitative estimate of drug-likeness (QED) is 0.742. The molecule has 5 nitrogen and oxygen atoms in total. The van der Waals surface area contributed by atoms with Gasteiger partial charge in [0.1, 0.15) is 5.75 Å². The SMILES string of the molecule is Cc1ccc(C(C)C)c(OCC(=O)Nc2ccc(NC(=O)C(C)C)cc2)c1. The zero-order chi connectivity index (χ0) is 20.0. The highest BCUT2D eigenvalue weighted by atomic mass is 16.5. The highest BCUT2D eigenvalue weighted by molar-refractivity contribution is 5.94. The van der Waals surface area contributed by atoms with E-state index >= 15 is 0 Å². The Morgan fingerprint density at radius 1 is 0.926 bits per heavy atom. The maximum atomic E-state index is 12.2. The van der Waals surface area contributed by atoms with Gasteiger partial charge in [0, 0.05) is 17.3 Å². The molecule has 0 aliphatic carbocycles. The molecule has 2 N–H and O–H groups in total. The van der Waals surface area contributed by atoms with E-state index < -0.39 is 0 Å². The van der Waals surface area contributed by atoms with Crippen LogP contribution in [0, 0.1) is 12.8 Å². The number of benzene rings is 2. The first-order valence-electron chi connectivity index (χ1n) is 9.20. The van der Waals surface area contributed by atoms with Crippen LogP contribution < -0.4 is 15.4 Å². The molecule has 0 saturated carbocycles. The van der Waals surface area contributed by atoms with Crippen LogP contribution in [0.2, 0.25) is 0 Å². The van der Waals surface area contributed by atoms with Crippen LogP contribution in [0.1, 0.15) is 44.7 Å². The molecule has 0 aliphatic heterocycles. The molecule has 2 rings (SSSR count). The lowest BCUT2D eigenvalue weighted by atomic mass is 10.0. The van der Waals surface area contributed by atoms with Crippen molar-refractivity contribution in [2.45, 2.75) is 40.5 Å². The monoisotopic (exact) mass is 368 g/mol. The molecule has 2 amide bonds. The number of carbonyl (C=O) groups is 2. The van der Waals surface area contributed by atoms with Gasteiger partial charge in [0.25, 0.3) is 5.91 Å². The summed E-state index contributed by atoms with van der Waals surface area (Å²) in [4.78, 5) is 23.9. The third-order valence-corrected chi connectivity index (χ3v) is 4.11. The summed E-state index contributed by atoms with van der Waals surface area (Å²) < 4.78 is 5.75. The highest BCUT2D eigenvalue weighted by Gasteiger charge is 2.11. The molecule has 0 bridgehead atoms. The zero-order valence-electron chi connectivity index (χ0n) is 16.6. The second-order valence-electron chi connectivity index (χ2n) is 7.25. The average molecular weight is 368 g/mol. The Bertz CT molecular complexity index is 796. The smallest absolute Gasteiger partial charge is 0.262 e. The van der Waals surface area contributed by atoms with Crippen molar-refractivity contribution >= 4 is 23.2 Å². The van der Waals surface area contributed by atoms with E-state index in [1.807, 2.05) is 39.0 Å². The van der Waals surface area contributed by atoms with Crippen LogP contribution in [0.25, 0.3) is 0 Å². The van der Waals surface area contributed by atoms with Crippen molar-refractivity contribution in [3.05, 3.63) is 53.6 Å². The van der Waals surface area contributed by atoms with E-state index in [-0.39, 0.29) is 24.3 Å². The van der Waals surface area contributed by atoms with Gasteiger partial charge in [-0.2, -0.15) is 0 Å². The van der Waals surface area contributed by atoms with Crippen molar-refractivity contribution in [1.82, 2.24) is 0 Å². The molecule has 0 unspecified atom stereocenters. The first-order valence-corrected chi connectivity index (χ1v) is 9.20. The van der Waals surface area contributed by atoms with Crippen molar-refractivity contribution in [3.8, 4) is 5.75 Å². The summed E-state index contributed by atoms with van der Waals surface area (Å²) in [6.45, 7) is 9.80. The van der Waals surface area contributed by atoms with Gasteiger partial charge < -0.3 is 15.4 Å². The summed E-state index contributed by atoms with van der Waals surface area (Å²) in [5.41, 5.74) is 3.52. The number of anilines is 2. The molecule has 27 heavy (non-hydrogen) atoms. The topological polar surface area (TPSA) is 67.4 Å². The Morgan fingerprint density at radius 3 is 2.07 bits per heavy atom. The second-order valence-corrected chi connectivity index (χ2v) is 7.25. The molecule has 0 saturated heterocycles. The molecule has 5 heteroatoms. The van der Waals surface area contributed by atoms with E-state index in [0.717, 1.165) is 16.9 Å². The predicted molar refractivity (Wildman–Crippen MR) is 109 cm³/mol. The molecule has 0 aromatic heterocycles. The standard InChI is InChI=1S/C22H28N2O3/c1-14(2)19-11-6-16(5)12-20(19)27-13-21(25)23-17-7-9-18(10-8-17)24-22(26)15(3)4/h6-12,14-15H,13H2,1-5H3,(H,23,25)(H,24,26). The van der Waals surface area contributed by atoms with E-state index in [1.165, 1.54) is 0 Å². The van der Waals surface area contributed by atoms with Gasteiger partial charge in [0.15, 0.2) is 6.61 Å². The van der Waals surface area contributed by atoms with Crippen LogP contribution in [0.5, 0.6) is 5.75 Å². The van der Waals surface area contributed by atoms with Crippen LogP contribution in [0.4, 0.5) is 11.4 Å². The summed E-state index contributed by atoms with van der Waals surface area (Å²) in [5, 5.41) is 5.62. The lowest BCUT2D eigenvalue weighted by Gasteiger charge is -2.15. The average Bonchev–Trinajstić information content (AvgIpc) is 2.61. The molecule has 0 spiro atoms. The Morgan fingerprint density at radius 2 is 1.52 bits per heavy atom. The number of ether oxygens (including phenoxy) is 1. The molecule has 0 radical (unpaired) electrons. The third kappa shape index (κ3) is 6.13. The van der Waals surface area contributed by atoms with Gasteiger partial charge in [-0.05, 0) is 54.3 Å². The van der Waals surface area contributed by atoms with Crippen molar-refractivity contribution in [2.24, 2.45) is 5.92 Å². The van der Waals surface area contributed by atoms with Crippen molar-refractivity contribution in [2.75, 3.05) is 17.2 Å². The number of hydrogen-bond acceptors (Lipinski definition) is 3. The minimum atomic E-state index is -0.231. The molecule has 144 valence electrons. The lowest BCUT2D eigenvalue weighted by molar-refractivity contribution is -0.119. The summed E-state index contributed by atoms with van der Waals surface area (Å²) in [7, 11) is 0. The highest BCUT2D eigenvalue weighted by Crippen LogP contribution is 2.27. The lowest BCUT2D eigenvalue weighted by Crippen LogP contribution is -2.21. The van der Waals surface area contributed by atoms with Crippen LogP contribution in [0.3, 0.4) is 0 Å². The molecule has 2 aromatic rings. The Hall–Kier alpha value is -2.82. The molecular formula is C22H28N2O3. The van der Waals surface area contributed by atoms with Gasteiger partial charge in [0.2, 0.25) is 5.91 Å². The summed E-state index contributed by atoms with van der Waals surface area (Å²) >= 11 is 0. The fourth-order valence-electron chi connectivity index (χ4n) is 2.51. The molecule has 0 aliphatic rings. The number of amides is 2. The van der Waals surface area contributed by atoms with Crippen molar-refractivity contribution in [3.63, 3.8) is 0 Å². The molecule has 2 aromatic carbocycles. The molecule has 0 heterocycles. The molecule has 0 fully saturated rings. The largest absolute Gasteiger partial charge is 0.483 e. The Labute approximate surface area is 161 Å². The van der Waals surface area contributed by atoms with E-state index in [1.54, 1.807) is 24.3 Å². The Kier molecular flexibility index (Phi) is 6.99. The summed E-state index contributed by atoms with van der Waals surface area (Å²) in [5.74, 6) is 0.701. The summed E-state index contributed by atoms with van der Waals surface area (Å²) in [6.07, 6.45) is 0. The fraction of sp³-hybridized carbons (Fsp3) is 0.364. The van der Waals surface area contributed by atoms with Crippen LogP contribution in [0.15, 0.2) is 42.5 Å². The van der Waals surface area contributed by atoms with Crippen LogP contribution in [-0.4, -0.2) is 18.4 Å². The van der Waals surface area contributed by atoms with Gasteiger partial charge in [-0.1, -0.05) is 39.8 Å². The zero-order valence-corrected chi connectivity index (χ0v) is 16.6. The number of hydrogen-bond donors (Lipinski definition) is 2. The van der Waals surface area contributed by atoms with E-state index in [0.29, 0.717) is 17.3 Å². The van der Waals surface area contributed by atoms with Gasteiger partial charge >= 0.3 is 0 Å². The predicted octanol–water partition coefficient (Wildman–Crippen LogP) is 4.73. The minimum Gasteiger partial charge on any atom is -0.483 e. The van der Waals surface area contributed by atoms with Gasteiger partial charge in [-0.3, -0.25) is 9.59 Å². The van der Waals surface area contributed by atoms with E-state index in [4.69, 9.17) is 4.74 Å². The van der Waals surface area contributed by atoms with E-state index in [2.05, 4.69) is 24.5 Å². The first-order chi connectivity index (χ1) is 12.8. The van der Waals surface area contributed by atoms with Crippen LogP contribution >= 0.6 is 0 Å².